The smallest absolute Gasteiger partial charge is 0.204 e. The Bertz CT molecular complexity index is 501. The summed E-state index contributed by atoms with van der Waals surface area (Å²) in [5.74, 6) is 0.222. The van der Waals surface area contributed by atoms with E-state index in [-0.39, 0.29) is 11.3 Å². The second-order valence-electron chi connectivity index (χ2n) is 5.98. The summed E-state index contributed by atoms with van der Waals surface area (Å²) in [7, 11) is 0. The van der Waals surface area contributed by atoms with Gasteiger partial charge in [0.2, 0.25) is 5.43 Å². The fourth-order valence-electron chi connectivity index (χ4n) is 2.65. The van der Waals surface area contributed by atoms with Gasteiger partial charge >= 0.3 is 0 Å². The molecule has 0 aliphatic carbocycles. The molecule has 0 aliphatic rings. The first-order valence-electron chi connectivity index (χ1n) is 8.40. The second-order valence-corrected chi connectivity index (χ2v) is 6.39. The van der Waals surface area contributed by atoms with Crippen molar-refractivity contribution in [2.24, 2.45) is 0 Å². The van der Waals surface area contributed by atoms with Gasteiger partial charge in [-0.2, -0.15) is 0 Å². The molecule has 0 unspecified atom stereocenters. The van der Waals surface area contributed by atoms with Gasteiger partial charge in [0.05, 0.1) is 18.9 Å². The summed E-state index contributed by atoms with van der Waals surface area (Å²) in [6, 6.07) is 0. The van der Waals surface area contributed by atoms with Crippen molar-refractivity contribution in [2.75, 3.05) is 44.7 Å². The quantitative estimate of drug-likeness (QED) is 0.471. The van der Waals surface area contributed by atoms with E-state index in [1.807, 2.05) is 13.8 Å². The second kappa shape index (κ2) is 10.1. The largest absolute Gasteiger partial charge is 0.381 e. The van der Waals surface area contributed by atoms with Crippen LogP contribution >= 0.6 is 12.2 Å². The Morgan fingerprint density at radius 1 is 1.14 bits per heavy atom. The molecular formula is C17H30N2O2S. The van der Waals surface area contributed by atoms with Gasteiger partial charge in [-0.25, -0.2) is 0 Å². The summed E-state index contributed by atoms with van der Waals surface area (Å²) in [6.45, 7) is 13.8. The van der Waals surface area contributed by atoms with Crippen LogP contribution in [0.1, 0.15) is 52.0 Å². The number of rotatable bonds is 12. The highest BCUT2D eigenvalue weighted by Crippen LogP contribution is 2.24. The number of anilines is 1. The van der Waals surface area contributed by atoms with Gasteiger partial charge in [0.25, 0.3) is 0 Å². The molecule has 1 N–H and O–H groups in total. The van der Waals surface area contributed by atoms with Gasteiger partial charge < -0.3 is 15.0 Å². The van der Waals surface area contributed by atoms with Gasteiger partial charge in [-0.05, 0) is 31.8 Å². The lowest BCUT2D eigenvalue weighted by Crippen LogP contribution is -2.30. The van der Waals surface area contributed by atoms with Gasteiger partial charge in [0, 0.05) is 18.7 Å². The van der Waals surface area contributed by atoms with Crippen molar-refractivity contribution < 1.29 is 4.74 Å². The molecule has 0 spiro atoms. The average molecular weight is 327 g/mol. The van der Waals surface area contributed by atoms with Crippen molar-refractivity contribution in [3.63, 3.8) is 0 Å². The first kappa shape index (κ1) is 19.3. The molecule has 1 aromatic rings. The van der Waals surface area contributed by atoms with E-state index in [9.17, 15) is 4.79 Å². The number of hydrogen-bond acceptors (Lipinski definition) is 5. The zero-order valence-corrected chi connectivity index (χ0v) is 15.2. The minimum absolute atomic E-state index is 0.0307. The predicted molar refractivity (Wildman–Crippen MR) is 96.3 cm³/mol. The summed E-state index contributed by atoms with van der Waals surface area (Å²) < 4.78 is 6.12. The molecule has 0 atom stereocenters. The highest BCUT2D eigenvalue weighted by atomic mass is 32.1. The molecule has 0 aromatic heterocycles. The van der Waals surface area contributed by atoms with Crippen molar-refractivity contribution in [1.82, 2.24) is 4.90 Å². The van der Waals surface area contributed by atoms with Crippen LogP contribution in [0, 0.1) is 4.51 Å². The molecule has 126 valence electrons. The lowest BCUT2D eigenvalue weighted by Gasteiger charge is -2.21. The van der Waals surface area contributed by atoms with Crippen molar-refractivity contribution in [3.8, 4) is 0 Å². The van der Waals surface area contributed by atoms with Crippen molar-refractivity contribution in [1.29, 1.82) is 0 Å². The van der Waals surface area contributed by atoms with E-state index in [0.29, 0.717) is 17.7 Å². The van der Waals surface area contributed by atoms with Gasteiger partial charge in [-0.1, -0.05) is 39.9 Å². The van der Waals surface area contributed by atoms with Crippen LogP contribution in [-0.4, -0.2) is 44.3 Å². The van der Waals surface area contributed by atoms with E-state index < -0.39 is 0 Å². The molecule has 0 heterocycles. The molecule has 0 bridgehead atoms. The Labute approximate surface area is 139 Å². The third-order valence-corrected chi connectivity index (χ3v) is 4.09. The van der Waals surface area contributed by atoms with Gasteiger partial charge in [-0.3, -0.25) is 4.79 Å². The van der Waals surface area contributed by atoms with Gasteiger partial charge in [0.15, 0.2) is 0 Å². The standard InChI is InChI=1S/C17H30N2O2S/c1-5-8-19(9-6-2)10-12-21-11-7-18-15-14(13(3)4)16(20)17(15)22/h13,18H,5-12H2,1-4H3. The summed E-state index contributed by atoms with van der Waals surface area (Å²) in [5.41, 5.74) is 1.72. The maximum absolute atomic E-state index is 11.7. The van der Waals surface area contributed by atoms with Crippen molar-refractivity contribution in [3.05, 3.63) is 20.3 Å². The molecule has 1 rings (SSSR count). The van der Waals surface area contributed by atoms with Crippen LogP contribution in [0.2, 0.25) is 0 Å². The lowest BCUT2D eigenvalue weighted by molar-refractivity contribution is 0.111. The Kier molecular flexibility index (Phi) is 8.83. The minimum Gasteiger partial charge on any atom is -0.381 e. The van der Waals surface area contributed by atoms with E-state index in [2.05, 4.69) is 24.1 Å². The summed E-state index contributed by atoms with van der Waals surface area (Å²) in [4.78, 5) is 14.1. The fraction of sp³-hybridized carbons (Fsp3) is 0.765. The first-order chi connectivity index (χ1) is 10.5. The van der Waals surface area contributed by atoms with Gasteiger partial charge in [0.1, 0.15) is 4.51 Å². The van der Waals surface area contributed by atoms with Crippen LogP contribution in [-0.2, 0) is 4.74 Å². The minimum atomic E-state index is 0.0307. The Morgan fingerprint density at radius 2 is 1.77 bits per heavy atom. The summed E-state index contributed by atoms with van der Waals surface area (Å²) in [6.07, 6.45) is 2.36. The van der Waals surface area contributed by atoms with Crippen LogP contribution in [0.3, 0.4) is 0 Å². The van der Waals surface area contributed by atoms with E-state index in [4.69, 9.17) is 17.0 Å². The highest BCUT2D eigenvalue weighted by molar-refractivity contribution is 7.71. The molecule has 22 heavy (non-hydrogen) atoms. The molecular weight excluding hydrogens is 296 g/mol. The molecule has 5 heteroatoms. The van der Waals surface area contributed by atoms with Crippen molar-refractivity contribution >= 4 is 17.9 Å². The number of nitrogens with one attached hydrogen (secondary N) is 1. The van der Waals surface area contributed by atoms with E-state index in [1.54, 1.807) is 0 Å². The fourth-order valence-corrected chi connectivity index (χ4v) is 2.94. The van der Waals surface area contributed by atoms with Crippen LogP contribution in [0.15, 0.2) is 4.79 Å². The monoisotopic (exact) mass is 326 g/mol. The highest BCUT2D eigenvalue weighted by Gasteiger charge is 2.19. The summed E-state index contributed by atoms with van der Waals surface area (Å²) in [5, 5.41) is 3.25. The molecule has 0 radical (unpaired) electrons. The predicted octanol–water partition coefficient (Wildman–Crippen LogP) is 3.33. The average Bonchev–Trinajstić information content (AvgIpc) is 2.48. The van der Waals surface area contributed by atoms with Crippen LogP contribution in [0.25, 0.3) is 0 Å². The van der Waals surface area contributed by atoms with Crippen LogP contribution < -0.4 is 10.7 Å². The zero-order chi connectivity index (χ0) is 16.5. The maximum Gasteiger partial charge on any atom is 0.204 e. The first-order valence-corrected chi connectivity index (χ1v) is 8.80. The SMILES string of the molecule is CCCN(CCC)CCOCCNc1c(C(C)C)c(=O)c1=S. The third kappa shape index (κ3) is 5.45. The number of hydrogen-bond donors (Lipinski definition) is 1. The lowest BCUT2D eigenvalue weighted by atomic mass is 9.96. The van der Waals surface area contributed by atoms with E-state index in [1.165, 1.54) is 12.8 Å². The molecule has 0 amide bonds. The Hall–Kier alpha value is -0.780. The normalized spacial score (nSPS) is 11.7. The van der Waals surface area contributed by atoms with E-state index in [0.717, 1.165) is 37.5 Å². The molecule has 0 aliphatic heterocycles. The molecule has 1 aromatic carbocycles. The van der Waals surface area contributed by atoms with Crippen molar-refractivity contribution in [2.45, 2.75) is 46.5 Å². The topological polar surface area (TPSA) is 41.6 Å². The summed E-state index contributed by atoms with van der Waals surface area (Å²) >= 11 is 5.10. The van der Waals surface area contributed by atoms with Gasteiger partial charge in [-0.15, -0.1) is 0 Å². The zero-order valence-electron chi connectivity index (χ0n) is 14.4. The maximum atomic E-state index is 11.7. The van der Waals surface area contributed by atoms with E-state index >= 15 is 0 Å². The Balaban J connectivity index is 2.22. The Morgan fingerprint density at radius 3 is 2.32 bits per heavy atom. The number of nitrogens with zero attached hydrogens (tertiary/aromatic N) is 1. The van der Waals surface area contributed by atoms with Crippen LogP contribution in [0.4, 0.5) is 5.69 Å². The molecule has 0 fully saturated rings. The molecule has 4 nitrogen and oxygen atoms in total. The molecule has 0 saturated heterocycles. The molecule has 0 saturated carbocycles. The third-order valence-electron chi connectivity index (χ3n) is 3.70. The van der Waals surface area contributed by atoms with Crippen LogP contribution in [0.5, 0.6) is 0 Å². The number of ether oxygens (including phenoxy) is 1.